The highest BCUT2D eigenvalue weighted by Gasteiger charge is 2.44. The fourth-order valence-corrected chi connectivity index (χ4v) is 4.60. The molecule has 10 heteroatoms. The van der Waals surface area contributed by atoms with Crippen LogP contribution in [0, 0.1) is 5.92 Å². The molecule has 0 unspecified atom stereocenters. The Balaban J connectivity index is 0.000000298. The zero-order chi connectivity index (χ0) is 21.0. The number of rotatable bonds is 5. The maximum atomic E-state index is 12.0. The van der Waals surface area contributed by atoms with E-state index in [0.29, 0.717) is 25.0 Å². The van der Waals surface area contributed by atoms with Crippen LogP contribution in [0.15, 0.2) is 17.5 Å². The van der Waals surface area contributed by atoms with E-state index in [-0.39, 0.29) is 12.0 Å². The van der Waals surface area contributed by atoms with Crippen LogP contribution in [-0.4, -0.2) is 59.4 Å². The number of nitrogens with zero attached hydrogens (tertiary/aromatic N) is 1. The van der Waals surface area contributed by atoms with Crippen molar-refractivity contribution in [1.29, 1.82) is 0 Å². The average Bonchev–Trinajstić information content (AvgIpc) is 3.27. The highest BCUT2D eigenvalue weighted by molar-refractivity contribution is 7.09. The quantitative estimate of drug-likeness (QED) is 0.745. The fraction of sp³-hybridized carbons (Fsp3) is 0.684. The molecule has 2 N–H and O–H groups in total. The van der Waals surface area contributed by atoms with Gasteiger partial charge in [-0.1, -0.05) is 12.5 Å². The maximum Gasteiger partial charge on any atom is 0.490 e. The lowest BCUT2D eigenvalue weighted by Crippen LogP contribution is -2.40. The molecular formula is C19H25F3N2O4S. The van der Waals surface area contributed by atoms with Gasteiger partial charge in [0.1, 0.15) is 0 Å². The van der Waals surface area contributed by atoms with Crippen molar-refractivity contribution in [2.75, 3.05) is 13.1 Å². The van der Waals surface area contributed by atoms with Crippen LogP contribution in [0.4, 0.5) is 13.2 Å². The van der Waals surface area contributed by atoms with E-state index in [1.165, 1.54) is 30.7 Å². The van der Waals surface area contributed by atoms with Crippen LogP contribution in [0.2, 0.25) is 0 Å². The van der Waals surface area contributed by atoms with Gasteiger partial charge in [-0.2, -0.15) is 13.2 Å². The van der Waals surface area contributed by atoms with Crippen molar-refractivity contribution in [3.8, 4) is 0 Å². The van der Waals surface area contributed by atoms with Gasteiger partial charge in [0, 0.05) is 29.9 Å². The summed E-state index contributed by atoms with van der Waals surface area (Å²) < 4.78 is 37.9. The first-order valence-corrected chi connectivity index (χ1v) is 10.6. The minimum absolute atomic E-state index is 0.120. The molecule has 1 aliphatic carbocycles. The van der Waals surface area contributed by atoms with Crippen molar-refractivity contribution in [2.45, 2.75) is 63.1 Å². The van der Waals surface area contributed by atoms with Gasteiger partial charge in [-0.3, -0.25) is 9.69 Å². The second kappa shape index (κ2) is 9.44. The third kappa shape index (κ3) is 6.16. The number of hydrogen-bond acceptors (Lipinski definition) is 5. The number of amides is 1. The van der Waals surface area contributed by atoms with Gasteiger partial charge in [0.15, 0.2) is 0 Å². The van der Waals surface area contributed by atoms with Crippen LogP contribution < -0.4 is 5.32 Å². The summed E-state index contributed by atoms with van der Waals surface area (Å²) >= 11 is 1.68. The number of thiophene rings is 1. The van der Waals surface area contributed by atoms with Crippen molar-refractivity contribution in [1.82, 2.24) is 10.2 Å². The van der Waals surface area contributed by atoms with Gasteiger partial charge in [-0.25, -0.2) is 4.79 Å². The van der Waals surface area contributed by atoms with Crippen LogP contribution in [0.5, 0.6) is 0 Å². The van der Waals surface area contributed by atoms with Crippen molar-refractivity contribution < 1.29 is 32.6 Å². The lowest BCUT2D eigenvalue weighted by Gasteiger charge is -2.35. The van der Waals surface area contributed by atoms with Gasteiger partial charge < -0.3 is 15.2 Å². The average molecular weight is 434 g/mol. The Bertz CT molecular complexity index is 680. The fourth-order valence-electron chi connectivity index (χ4n) is 3.95. The van der Waals surface area contributed by atoms with Gasteiger partial charge in [-0.15, -0.1) is 11.3 Å². The van der Waals surface area contributed by atoms with E-state index in [4.69, 9.17) is 14.6 Å². The number of fused-ring (bicyclic) bond motifs is 1. The molecule has 3 fully saturated rings. The Kier molecular flexibility index (Phi) is 7.18. The molecule has 6 nitrogen and oxygen atoms in total. The predicted molar refractivity (Wildman–Crippen MR) is 100 cm³/mol. The standard InChI is InChI=1S/C17H24N2O2S.C2HF3O2/c20-17(18-9-15-5-2-6-22-15)8-14-7-12-10-19(11-16(12)21-14)13-3-1-4-13;3-2(4,5)1(6)7/h2,5-6,12-14,16H,1,3-4,7-11H2,(H,18,20);(H,6,7)/t12-,14-,16+;/m0./s1. The number of carbonyl (C=O) groups excluding carboxylic acids is 1. The van der Waals surface area contributed by atoms with Crippen LogP contribution in [0.1, 0.15) is 37.0 Å². The predicted octanol–water partition coefficient (Wildman–Crippen LogP) is 3.03. The van der Waals surface area contributed by atoms with Gasteiger partial charge in [0.05, 0.1) is 25.2 Å². The second-order valence-corrected chi connectivity index (χ2v) is 8.73. The van der Waals surface area contributed by atoms with Crippen molar-refractivity contribution >= 4 is 23.2 Å². The summed E-state index contributed by atoms with van der Waals surface area (Å²) in [4.78, 5) is 24.8. The first-order chi connectivity index (χ1) is 13.7. The van der Waals surface area contributed by atoms with E-state index in [1.807, 2.05) is 11.4 Å². The molecule has 2 aliphatic heterocycles. The molecule has 0 spiro atoms. The van der Waals surface area contributed by atoms with E-state index < -0.39 is 12.1 Å². The molecule has 3 heterocycles. The maximum absolute atomic E-state index is 12.0. The zero-order valence-corrected chi connectivity index (χ0v) is 16.7. The van der Waals surface area contributed by atoms with Crippen molar-refractivity contribution in [2.24, 2.45) is 5.92 Å². The number of hydrogen-bond donors (Lipinski definition) is 2. The number of halogens is 3. The van der Waals surface area contributed by atoms with Gasteiger partial charge in [0.25, 0.3) is 0 Å². The molecule has 0 bridgehead atoms. The molecule has 1 aromatic rings. The lowest BCUT2D eigenvalue weighted by molar-refractivity contribution is -0.192. The third-order valence-electron chi connectivity index (χ3n) is 5.63. The molecule has 0 aromatic carbocycles. The summed E-state index contributed by atoms with van der Waals surface area (Å²) in [6.45, 7) is 2.91. The molecule has 4 rings (SSSR count). The number of carboxylic acids is 1. The normalized spacial score (nSPS) is 26.9. The molecule has 2 saturated heterocycles. The van der Waals surface area contributed by atoms with E-state index >= 15 is 0 Å². The van der Waals surface area contributed by atoms with Crippen molar-refractivity contribution in [3.05, 3.63) is 22.4 Å². The van der Waals surface area contributed by atoms with Crippen LogP contribution in [0.3, 0.4) is 0 Å². The minimum atomic E-state index is -5.08. The largest absolute Gasteiger partial charge is 0.490 e. The monoisotopic (exact) mass is 434 g/mol. The Hall–Kier alpha value is -1.65. The topological polar surface area (TPSA) is 78.9 Å². The number of nitrogens with one attached hydrogen (secondary N) is 1. The zero-order valence-electron chi connectivity index (χ0n) is 15.9. The summed E-state index contributed by atoms with van der Waals surface area (Å²) in [5.74, 6) is -1.99. The van der Waals surface area contributed by atoms with Gasteiger partial charge in [0.2, 0.25) is 5.91 Å². The first kappa shape index (κ1) is 22.0. The highest BCUT2D eigenvalue weighted by atomic mass is 32.1. The summed E-state index contributed by atoms with van der Waals surface area (Å²) in [5, 5.41) is 12.2. The molecule has 1 aromatic heterocycles. The molecule has 3 aliphatic rings. The molecule has 29 heavy (non-hydrogen) atoms. The third-order valence-corrected chi connectivity index (χ3v) is 6.51. The number of ether oxygens (including phenoxy) is 1. The van der Waals surface area contributed by atoms with Gasteiger partial charge in [-0.05, 0) is 30.7 Å². The number of likely N-dealkylation sites (tertiary alicyclic amines) is 1. The lowest BCUT2D eigenvalue weighted by atomic mass is 9.92. The van der Waals surface area contributed by atoms with Gasteiger partial charge >= 0.3 is 12.1 Å². The number of alkyl halides is 3. The van der Waals surface area contributed by atoms with E-state index in [2.05, 4.69) is 16.3 Å². The molecular weight excluding hydrogens is 409 g/mol. The SMILES string of the molecule is O=C(C[C@@H]1C[C@H]2CN(C3CCC3)C[C@H]2O1)NCc1cccs1.O=C(O)C(F)(F)F. The molecule has 1 amide bonds. The second-order valence-electron chi connectivity index (χ2n) is 7.69. The smallest absolute Gasteiger partial charge is 0.475 e. The highest BCUT2D eigenvalue weighted by Crippen LogP contribution is 2.38. The number of aliphatic carboxylic acids is 1. The van der Waals surface area contributed by atoms with Crippen LogP contribution in [-0.2, 0) is 20.9 Å². The van der Waals surface area contributed by atoms with E-state index in [0.717, 1.165) is 19.0 Å². The molecule has 3 atom stereocenters. The van der Waals surface area contributed by atoms with Crippen LogP contribution >= 0.6 is 11.3 Å². The Morgan fingerprint density at radius 2 is 2.03 bits per heavy atom. The summed E-state index contributed by atoms with van der Waals surface area (Å²) in [7, 11) is 0. The molecule has 162 valence electrons. The Morgan fingerprint density at radius 1 is 1.31 bits per heavy atom. The van der Waals surface area contributed by atoms with E-state index in [9.17, 15) is 18.0 Å². The number of carbonyl (C=O) groups is 2. The number of carboxylic acid groups (broad SMARTS) is 1. The summed E-state index contributed by atoms with van der Waals surface area (Å²) in [6.07, 6.45) is 1.12. The molecule has 1 saturated carbocycles. The summed E-state index contributed by atoms with van der Waals surface area (Å²) in [6, 6.07) is 4.89. The Morgan fingerprint density at radius 3 is 2.55 bits per heavy atom. The minimum Gasteiger partial charge on any atom is -0.475 e. The molecule has 0 radical (unpaired) electrons. The van der Waals surface area contributed by atoms with Crippen molar-refractivity contribution in [3.63, 3.8) is 0 Å². The first-order valence-electron chi connectivity index (χ1n) is 9.71. The van der Waals surface area contributed by atoms with Crippen LogP contribution in [0.25, 0.3) is 0 Å². The van der Waals surface area contributed by atoms with E-state index in [1.54, 1.807) is 11.3 Å². The Labute approximate surface area is 171 Å². The summed E-state index contributed by atoms with van der Waals surface area (Å²) in [5.41, 5.74) is 0.